The van der Waals surface area contributed by atoms with Crippen molar-refractivity contribution in [1.29, 1.82) is 0 Å². The number of carbonyl (C=O) groups is 2. The molecule has 130 valence electrons. The van der Waals surface area contributed by atoms with Gasteiger partial charge in [0.15, 0.2) is 0 Å². The van der Waals surface area contributed by atoms with Gasteiger partial charge in [0, 0.05) is 11.6 Å². The Labute approximate surface area is 148 Å². The number of amides is 2. The van der Waals surface area contributed by atoms with E-state index in [0.717, 1.165) is 5.56 Å². The van der Waals surface area contributed by atoms with Crippen molar-refractivity contribution in [2.45, 2.75) is 39.2 Å². The van der Waals surface area contributed by atoms with Crippen LogP contribution in [0.3, 0.4) is 0 Å². The molecular weight excluding hydrogens is 337 g/mol. The Kier molecular flexibility index (Phi) is 9.20. The highest BCUT2D eigenvalue weighted by Crippen LogP contribution is 2.28. The first kappa shape index (κ1) is 21.7. The average molecular weight is 362 g/mol. The lowest BCUT2D eigenvalue weighted by atomic mass is 9.81. The number of rotatable bonds is 8. The highest BCUT2D eigenvalue weighted by Gasteiger charge is 2.35. The Morgan fingerprint density at radius 2 is 1.91 bits per heavy atom. The first-order chi connectivity index (χ1) is 10.4. The number of primary amides is 1. The number of nitrogens with one attached hydrogen (secondary N) is 1. The molecule has 1 aromatic rings. The van der Waals surface area contributed by atoms with Gasteiger partial charge in [0.25, 0.3) is 0 Å². The topological polar surface area (TPSA) is 98.2 Å². The van der Waals surface area contributed by atoms with Crippen LogP contribution in [0.25, 0.3) is 0 Å². The van der Waals surface area contributed by atoms with Gasteiger partial charge in [-0.2, -0.15) is 0 Å². The minimum atomic E-state index is -0.630. The smallest absolute Gasteiger partial charge is 0.227 e. The van der Waals surface area contributed by atoms with Crippen molar-refractivity contribution >= 4 is 35.8 Å². The summed E-state index contributed by atoms with van der Waals surface area (Å²) in [7, 11) is 0. The lowest BCUT2D eigenvalue weighted by molar-refractivity contribution is -0.132. The lowest BCUT2D eigenvalue weighted by Crippen LogP contribution is -2.47. The molecule has 2 amide bonds. The van der Waals surface area contributed by atoms with Gasteiger partial charge in [0.05, 0.1) is 17.9 Å². The van der Waals surface area contributed by atoms with E-state index in [1.54, 1.807) is 18.2 Å². The summed E-state index contributed by atoms with van der Waals surface area (Å²) in [5.74, 6) is -0.650. The van der Waals surface area contributed by atoms with Crippen molar-refractivity contribution in [1.82, 2.24) is 5.32 Å². The first-order valence-electron chi connectivity index (χ1n) is 7.43. The molecule has 1 atom stereocenters. The van der Waals surface area contributed by atoms with Crippen molar-refractivity contribution in [2.24, 2.45) is 16.9 Å². The largest absolute Gasteiger partial charge is 0.370 e. The van der Waals surface area contributed by atoms with Crippen LogP contribution in [0.5, 0.6) is 0 Å². The molecule has 0 saturated heterocycles. The van der Waals surface area contributed by atoms with Gasteiger partial charge in [0.2, 0.25) is 11.8 Å². The molecule has 0 bridgehead atoms. The molecule has 0 aliphatic heterocycles. The zero-order valence-corrected chi connectivity index (χ0v) is 15.0. The van der Waals surface area contributed by atoms with Crippen molar-refractivity contribution in [2.75, 3.05) is 6.54 Å². The van der Waals surface area contributed by atoms with E-state index >= 15 is 0 Å². The molecule has 1 aromatic carbocycles. The van der Waals surface area contributed by atoms with Gasteiger partial charge in [0.1, 0.15) is 0 Å². The van der Waals surface area contributed by atoms with Crippen LogP contribution in [-0.2, 0) is 9.59 Å². The zero-order chi connectivity index (χ0) is 16.8. The second-order valence-corrected chi connectivity index (χ2v) is 5.88. The number of hydrogen-bond acceptors (Lipinski definition) is 3. The van der Waals surface area contributed by atoms with Gasteiger partial charge in [-0.05, 0) is 30.5 Å². The highest BCUT2D eigenvalue weighted by molar-refractivity contribution is 6.30. The summed E-state index contributed by atoms with van der Waals surface area (Å²) >= 11 is 5.98. The van der Waals surface area contributed by atoms with E-state index in [9.17, 15) is 9.59 Å². The fourth-order valence-corrected chi connectivity index (χ4v) is 2.64. The quantitative estimate of drug-likeness (QED) is 0.663. The third kappa shape index (κ3) is 5.68. The van der Waals surface area contributed by atoms with Crippen LogP contribution in [0.4, 0.5) is 0 Å². The molecule has 7 heteroatoms. The highest BCUT2D eigenvalue weighted by atomic mass is 35.5. The van der Waals surface area contributed by atoms with E-state index in [0.29, 0.717) is 17.9 Å². The Morgan fingerprint density at radius 3 is 2.35 bits per heavy atom. The van der Waals surface area contributed by atoms with E-state index in [-0.39, 0.29) is 31.3 Å². The number of hydrogen-bond donors (Lipinski definition) is 3. The van der Waals surface area contributed by atoms with E-state index in [4.69, 9.17) is 23.1 Å². The monoisotopic (exact) mass is 361 g/mol. The van der Waals surface area contributed by atoms with E-state index in [2.05, 4.69) is 5.32 Å². The second-order valence-electron chi connectivity index (χ2n) is 5.44. The van der Waals surface area contributed by atoms with Crippen molar-refractivity contribution in [3.05, 3.63) is 34.9 Å². The van der Waals surface area contributed by atoms with Gasteiger partial charge in [-0.1, -0.05) is 37.6 Å². The Hall–Kier alpha value is -1.30. The van der Waals surface area contributed by atoms with Gasteiger partial charge >= 0.3 is 0 Å². The maximum Gasteiger partial charge on any atom is 0.227 e. The van der Waals surface area contributed by atoms with Gasteiger partial charge in [-0.15, -0.1) is 12.4 Å². The summed E-state index contributed by atoms with van der Waals surface area (Å²) < 4.78 is 0. The van der Waals surface area contributed by atoms with Gasteiger partial charge < -0.3 is 16.8 Å². The number of benzene rings is 1. The van der Waals surface area contributed by atoms with Crippen molar-refractivity contribution < 1.29 is 9.59 Å². The molecule has 0 unspecified atom stereocenters. The fourth-order valence-electron chi connectivity index (χ4n) is 2.44. The predicted molar refractivity (Wildman–Crippen MR) is 95.5 cm³/mol. The minimum absolute atomic E-state index is 0. The normalized spacial score (nSPS) is 12.2. The molecular formula is C16H25Cl2N3O2. The van der Waals surface area contributed by atoms with Crippen molar-refractivity contribution in [3.8, 4) is 0 Å². The molecule has 0 heterocycles. The predicted octanol–water partition coefficient (Wildman–Crippen LogP) is 2.56. The molecule has 0 spiro atoms. The Bertz CT molecular complexity index is 526. The molecule has 0 aliphatic rings. The summed E-state index contributed by atoms with van der Waals surface area (Å²) in [4.78, 5) is 24.0. The molecule has 1 rings (SSSR count). The van der Waals surface area contributed by atoms with Gasteiger partial charge in [-0.3, -0.25) is 9.59 Å². The molecule has 0 radical (unpaired) electrons. The van der Waals surface area contributed by atoms with Crippen LogP contribution in [0.15, 0.2) is 24.3 Å². The summed E-state index contributed by atoms with van der Waals surface area (Å²) in [5, 5.41) is 3.45. The summed E-state index contributed by atoms with van der Waals surface area (Å²) in [6.07, 6.45) is 1.27. The van der Waals surface area contributed by atoms with Crippen LogP contribution in [-0.4, -0.2) is 18.4 Å². The molecule has 5 N–H and O–H groups in total. The van der Waals surface area contributed by atoms with Gasteiger partial charge in [-0.25, -0.2) is 0 Å². The zero-order valence-electron chi connectivity index (χ0n) is 13.5. The van der Waals surface area contributed by atoms with E-state index < -0.39 is 17.4 Å². The number of halogens is 2. The minimum Gasteiger partial charge on any atom is -0.370 e. The van der Waals surface area contributed by atoms with E-state index in [1.165, 1.54) is 0 Å². The second kappa shape index (κ2) is 9.75. The molecule has 0 fully saturated rings. The average Bonchev–Trinajstić information content (AvgIpc) is 2.48. The number of nitrogens with two attached hydrogens (primary N) is 2. The summed E-state index contributed by atoms with van der Waals surface area (Å²) in [5.41, 5.74) is 11.2. The Balaban J connectivity index is 0.00000484. The third-order valence-electron chi connectivity index (χ3n) is 4.19. The van der Waals surface area contributed by atoms with Crippen LogP contribution in [0, 0.1) is 5.41 Å². The number of carbonyl (C=O) groups excluding carboxylic acids is 2. The Morgan fingerprint density at radius 1 is 1.30 bits per heavy atom. The maximum atomic E-state index is 12.6. The fraction of sp³-hybridized carbons (Fsp3) is 0.500. The molecule has 0 aromatic heterocycles. The maximum absolute atomic E-state index is 12.6. The van der Waals surface area contributed by atoms with Crippen LogP contribution in [0.2, 0.25) is 5.02 Å². The summed E-state index contributed by atoms with van der Waals surface area (Å²) in [6.45, 7) is 4.11. The van der Waals surface area contributed by atoms with Crippen LogP contribution < -0.4 is 16.8 Å². The molecule has 23 heavy (non-hydrogen) atoms. The SMILES string of the molecule is CCC(CC)(CN)C(=O)N[C@H](CC(N)=O)c1cccc(Cl)c1.Cl. The van der Waals surface area contributed by atoms with Crippen LogP contribution in [0.1, 0.15) is 44.7 Å². The standard InChI is InChI=1S/C16H24ClN3O2.ClH/c1-3-16(4-2,10-18)15(22)20-13(9-14(19)21)11-6-5-7-12(17)8-11;/h5-8,13H,3-4,9-10,18H2,1-2H3,(H2,19,21)(H,20,22);1H/t13-;/m1./s1. The first-order valence-corrected chi connectivity index (χ1v) is 7.81. The molecule has 0 saturated carbocycles. The van der Waals surface area contributed by atoms with Crippen LogP contribution >= 0.6 is 24.0 Å². The van der Waals surface area contributed by atoms with Crippen molar-refractivity contribution in [3.63, 3.8) is 0 Å². The molecule has 5 nitrogen and oxygen atoms in total. The van der Waals surface area contributed by atoms with E-state index in [1.807, 2.05) is 19.9 Å². The lowest BCUT2D eigenvalue weighted by Gasteiger charge is -2.31. The molecule has 0 aliphatic carbocycles. The summed E-state index contributed by atoms with van der Waals surface area (Å²) in [6, 6.07) is 6.52. The third-order valence-corrected chi connectivity index (χ3v) is 4.42.